The number of aliphatic hydroxyl groups is 1. The summed E-state index contributed by atoms with van der Waals surface area (Å²) in [5.41, 5.74) is 9.05. The van der Waals surface area contributed by atoms with E-state index in [1.165, 1.54) is 17.5 Å². The molecule has 8 heteroatoms. The third kappa shape index (κ3) is 4.15. The molecule has 2 aromatic rings. The number of carbonyl (C=O) groups is 1. The maximum atomic E-state index is 11.6. The fourth-order valence-electron chi connectivity index (χ4n) is 2.76. The van der Waals surface area contributed by atoms with E-state index in [0.29, 0.717) is 28.2 Å². The summed E-state index contributed by atoms with van der Waals surface area (Å²) >= 11 is 0. The van der Waals surface area contributed by atoms with Crippen molar-refractivity contribution < 1.29 is 14.3 Å². The number of hydrogen-bond donors (Lipinski definition) is 5. The minimum Gasteiger partial charge on any atom is -0.388 e. The van der Waals surface area contributed by atoms with E-state index in [1.807, 2.05) is 18.2 Å². The summed E-state index contributed by atoms with van der Waals surface area (Å²) in [5.74, 6) is 0.218. The van der Waals surface area contributed by atoms with Gasteiger partial charge in [-0.3, -0.25) is 10.5 Å². The molecule has 6 N–H and O–H groups in total. The number of carbonyl (C=O) groups excluding carboxylic acids is 1. The van der Waals surface area contributed by atoms with Crippen LogP contribution in [0.2, 0.25) is 0 Å². The van der Waals surface area contributed by atoms with E-state index < -0.39 is 0 Å². The molecule has 1 aromatic carbocycles. The molecule has 1 heterocycles. The van der Waals surface area contributed by atoms with E-state index in [2.05, 4.69) is 41.1 Å². The quantitative estimate of drug-likeness (QED) is 0.471. The van der Waals surface area contributed by atoms with Crippen LogP contribution in [0.25, 0.3) is 6.58 Å². The van der Waals surface area contributed by atoms with Crippen LogP contribution in [0.3, 0.4) is 0 Å². The fraction of sp³-hybridized carbons (Fsp3) is 0.333. The molecule has 140 valence electrons. The first-order chi connectivity index (χ1) is 12.4. The van der Waals surface area contributed by atoms with Crippen LogP contribution in [0.5, 0.6) is 0 Å². The van der Waals surface area contributed by atoms with Gasteiger partial charge in [0.1, 0.15) is 12.8 Å². The SMILES string of the molecule is C=c1[nH][n+](=CCO)c(N)c1Nc1ccc(N(CC)CC)cc1NC(C)=O. The lowest BCUT2D eigenvalue weighted by Gasteiger charge is -2.23. The van der Waals surface area contributed by atoms with Crippen LogP contribution in [0, 0.1) is 6.21 Å². The van der Waals surface area contributed by atoms with Crippen molar-refractivity contribution in [3.63, 3.8) is 0 Å². The minimum atomic E-state index is -0.163. The van der Waals surface area contributed by atoms with Crippen LogP contribution in [-0.2, 0) is 4.79 Å². The Labute approximate surface area is 152 Å². The number of nitrogen functional groups attached to an aromatic ring is 1. The fourth-order valence-corrected chi connectivity index (χ4v) is 2.76. The molecule has 2 rings (SSSR count). The summed E-state index contributed by atoms with van der Waals surface area (Å²) in [7, 11) is 0. The number of anilines is 5. The summed E-state index contributed by atoms with van der Waals surface area (Å²) in [5, 5.41) is 18.6. The largest absolute Gasteiger partial charge is 0.388 e. The maximum Gasteiger partial charge on any atom is 0.322 e. The summed E-state index contributed by atoms with van der Waals surface area (Å²) in [6.07, 6.45) is 1.49. The Morgan fingerprint density at radius 2 is 2.08 bits per heavy atom. The second-order valence-corrected chi connectivity index (χ2v) is 5.79. The Morgan fingerprint density at radius 1 is 1.38 bits per heavy atom. The zero-order valence-corrected chi connectivity index (χ0v) is 15.5. The van der Waals surface area contributed by atoms with Crippen LogP contribution in [0.1, 0.15) is 20.8 Å². The molecule has 0 bridgehead atoms. The summed E-state index contributed by atoms with van der Waals surface area (Å²) in [6, 6.07) is 5.81. The van der Waals surface area contributed by atoms with Crippen LogP contribution >= 0.6 is 0 Å². The Morgan fingerprint density at radius 3 is 2.65 bits per heavy atom. The normalized spacial score (nSPS) is 11.5. The molecule has 0 atom stereocenters. The summed E-state index contributed by atoms with van der Waals surface area (Å²) < 4.78 is 1.49. The number of hydrogen-bond acceptors (Lipinski definition) is 5. The number of nitrogens with two attached hydrogens (primary N) is 1. The average Bonchev–Trinajstić information content (AvgIpc) is 2.85. The Kier molecular flexibility index (Phi) is 6.24. The highest BCUT2D eigenvalue weighted by Gasteiger charge is 2.15. The van der Waals surface area contributed by atoms with Gasteiger partial charge in [0.25, 0.3) is 0 Å². The molecule has 8 nitrogen and oxygen atoms in total. The van der Waals surface area contributed by atoms with E-state index in [9.17, 15) is 4.79 Å². The maximum absolute atomic E-state index is 11.6. The first kappa shape index (κ1) is 19.3. The molecular weight excluding hydrogens is 332 g/mol. The topological polar surface area (TPSA) is 112 Å². The Bertz CT molecular complexity index is 886. The monoisotopic (exact) mass is 359 g/mol. The predicted octanol–water partition coefficient (Wildman–Crippen LogP) is 0.845. The zero-order valence-electron chi connectivity index (χ0n) is 15.5. The van der Waals surface area contributed by atoms with Gasteiger partial charge in [0.05, 0.1) is 16.7 Å². The molecule has 0 aliphatic rings. The number of aromatic nitrogens is 2. The van der Waals surface area contributed by atoms with E-state index in [-0.39, 0.29) is 12.5 Å². The molecule has 0 spiro atoms. The number of nitrogens with zero attached hydrogens (tertiary/aromatic N) is 2. The van der Waals surface area contributed by atoms with Crippen molar-refractivity contribution in [2.45, 2.75) is 20.8 Å². The second kappa shape index (κ2) is 8.39. The second-order valence-electron chi connectivity index (χ2n) is 5.79. The lowest BCUT2D eigenvalue weighted by molar-refractivity contribution is -0.561. The van der Waals surface area contributed by atoms with E-state index in [0.717, 1.165) is 18.8 Å². The van der Waals surface area contributed by atoms with E-state index in [1.54, 1.807) is 0 Å². The van der Waals surface area contributed by atoms with Crippen molar-refractivity contribution in [3.05, 3.63) is 29.8 Å². The number of benzene rings is 1. The first-order valence-corrected chi connectivity index (χ1v) is 8.53. The third-order valence-corrected chi connectivity index (χ3v) is 4.04. The van der Waals surface area contributed by atoms with Gasteiger partial charge in [0.15, 0.2) is 5.69 Å². The van der Waals surface area contributed by atoms with Gasteiger partial charge < -0.3 is 20.6 Å². The van der Waals surface area contributed by atoms with Crippen molar-refractivity contribution in [1.82, 2.24) is 5.10 Å². The van der Waals surface area contributed by atoms with Crippen LogP contribution in [0.4, 0.5) is 28.6 Å². The third-order valence-electron chi connectivity index (χ3n) is 4.04. The lowest BCUT2D eigenvalue weighted by atomic mass is 10.2. The number of aliphatic hydroxyl groups excluding tert-OH is 1. The van der Waals surface area contributed by atoms with Gasteiger partial charge in [0.2, 0.25) is 5.91 Å². The average molecular weight is 359 g/mol. The molecule has 0 saturated carbocycles. The van der Waals surface area contributed by atoms with Gasteiger partial charge in [-0.1, -0.05) is 6.58 Å². The summed E-state index contributed by atoms with van der Waals surface area (Å²) in [4.78, 5) is 13.8. The van der Waals surface area contributed by atoms with Crippen molar-refractivity contribution in [3.8, 4) is 0 Å². The predicted molar refractivity (Wildman–Crippen MR) is 105 cm³/mol. The van der Waals surface area contributed by atoms with Gasteiger partial charge in [-0.15, -0.1) is 4.36 Å². The standard InChI is InChI=1S/C18H26N6O2/c1-5-23(6-2)14-7-8-15(16(11-14)20-13(4)26)21-17-12(3)22-24(9-10-25)18(17)19/h7-9,11,21-22,25H,3,5-6,10,19H2,1-2,4H3/p+1. The van der Waals surface area contributed by atoms with Crippen LogP contribution in [-0.4, -0.2) is 35.8 Å². The highest BCUT2D eigenvalue weighted by atomic mass is 16.3. The molecular formula is C18H27N6O2+. The number of amides is 1. The molecule has 1 amide bonds. The number of rotatable bonds is 7. The molecule has 0 radical (unpaired) electrons. The van der Waals surface area contributed by atoms with E-state index in [4.69, 9.17) is 10.8 Å². The Hall–Kier alpha value is -3.00. The van der Waals surface area contributed by atoms with Crippen molar-refractivity contribution >= 4 is 41.1 Å². The van der Waals surface area contributed by atoms with Crippen molar-refractivity contribution in [2.24, 2.45) is 0 Å². The highest BCUT2D eigenvalue weighted by molar-refractivity contribution is 5.94. The van der Waals surface area contributed by atoms with Gasteiger partial charge in [-0.2, -0.15) is 0 Å². The lowest BCUT2D eigenvalue weighted by Crippen LogP contribution is -2.25. The van der Waals surface area contributed by atoms with Gasteiger partial charge >= 0.3 is 5.82 Å². The molecule has 26 heavy (non-hydrogen) atoms. The van der Waals surface area contributed by atoms with Gasteiger partial charge in [-0.25, -0.2) is 5.10 Å². The number of H-pyrrole nitrogens is 1. The van der Waals surface area contributed by atoms with Crippen molar-refractivity contribution in [1.29, 1.82) is 0 Å². The van der Waals surface area contributed by atoms with Crippen molar-refractivity contribution in [2.75, 3.05) is 41.0 Å². The smallest absolute Gasteiger partial charge is 0.322 e. The number of aromatic amines is 1. The molecule has 0 unspecified atom stereocenters. The van der Waals surface area contributed by atoms with Gasteiger partial charge in [0, 0.05) is 25.7 Å². The highest BCUT2D eigenvalue weighted by Crippen LogP contribution is 2.30. The molecule has 1 aromatic heterocycles. The Balaban J connectivity index is 2.47. The number of nitrogens with one attached hydrogen (secondary N) is 3. The van der Waals surface area contributed by atoms with Gasteiger partial charge in [-0.05, 0) is 32.0 Å². The zero-order chi connectivity index (χ0) is 19.3. The van der Waals surface area contributed by atoms with E-state index >= 15 is 0 Å². The van der Waals surface area contributed by atoms with Crippen LogP contribution in [0.15, 0.2) is 18.2 Å². The summed E-state index contributed by atoms with van der Waals surface area (Å²) in [6.45, 7) is 11.1. The first-order valence-electron chi connectivity index (χ1n) is 8.53. The van der Waals surface area contributed by atoms with Crippen LogP contribution < -0.4 is 31.0 Å². The molecule has 0 aliphatic carbocycles. The molecule has 0 aliphatic heterocycles. The molecule has 0 saturated heterocycles. The minimum absolute atomic E-state index is 0.162. The molecule has 0 fully saturated rings.